The molecule has 0 aliphatic heterocycles. The van der Waals surface area contributed by atoms with Crippen LogP contribution in [0.3, 0.4) is 0 Å². The molecule has 0 bridgehead atoms. The number of nitrogens with one attached hydrogen (secondary N) is 2. The molecule has 0 spiro atoms. The molecule has 5 N–H and O–H groups in total. The minimum atomic E-state index is -1.32. The van der Waals surface area contributed by atoms with Gasteiger partial charge in [0.05, 0.1) is 6.10 Å². The lowest BCUT2D eigenvalue weighted by molar-refractivity contribution is -0.321. The van der Waals surface area contributed by atoms with Gasteiger partial charge in [0.15, 0.2) is 0 Å². The maximum absolute atomic E-state index is 9.40. The first-order valence-electron chi connectivity index (χ1n) is 5.70. The number of rotatable bonds is 10. The molecule has 0 saturated heterocycles. The van der Waals surface area contributed by atoms with Gasteiger partial charge in [0, 0.05) is 13.2 Å². The molecule has 0 radical (unpaired) electrons. The van der Waals surface area contributed by atoms with Crippen LogP contribution in [-0.2, 0) is 14.3 Å². The maximum atomic E-state index is 9.40. The number of likely N-dealkylation sites (N-methyl/N-ethyl adjacent to an activating group) is 1. The van der Waals surface area contributed by atoms with Gasteiger partial charge < -0.3 is 20.3 Å². The van der Waals surface area contributed by atoms with Crippen LogP contribution < -0.4 is 16.5 Å². The van der Waals surface area contributed by atoms with E-state index in [2.05, 4.69) is 10.8 Å². The molecule has 0 heterocycles. The monoisotopic (exact) mass is 251 g/mol. The number of methoxy groups -OCH3 is 1. The highest BCUT2D eigenvalue weighted by molar-refractivity contribution is 4.71. The predicted molar refractivity (Wildman–Crippen MR) is 63.8 cm³/mol. The van der Waals surface area contributed by atoms with Crippen LogP contribution >= 0.6 is 0 Å². The highest BCUT2D eigenvalue weighted by Crippen LogP contribution is 2.12. The van der Waals surface area contributed by atoms with Crippen molar-refractivity contribution in [1.82, 2.24) is 10.8 Å². The van der Waals surface area contributed by atoms with Gasteiger partial charge in [-0.1, -0.05) is 6.92 Å². The van der Waals surface area contributed by atoms with E-state index in [-0.39, 0.29) is 25.5 Å². The highest BCUT2D eigenvalue weighted by atomic mass is 16.8. The number of ether oxygens (including phenoxy) is 2. The van der Waals surface area contributed by atoms with Crippen molar-refractivity contribution in [2.45, 2.75) is 38.8 Å². The fourth-order valence-corrected chi connectivity index (χ4v) is 1.11. The van der Waals surface area contributed by atoms with E-state index < -0.39 is 5.91 Å². The molecule has 0 aromatic rings. The molecule has 17 heavy (non-hydrogen) atoms. The Balaban J connectivity index is 4.45. The van der Waals surface area contributed by atoms with E-state index in [4.69, 9.17) is 20.0 Å². The molecule has 0 aromatic heterocycles. The minimum absolute atomic E-state index is 0.175. The molecule has 0 aliphatic rings. The predicted octanol–water partition coefficient (Wildman–Crippen LogP) is -0.881. The fourth-order valence-electron chi connectivity index (χ4n) is 1.11. The Labute approximate surface area is 103 Å². The average molecular weight is 251 g/mol. The van der Waals surface area contributed by atoms with Crippen LogP contribution in [0.15, 0.2) is 0 Å². The van der Waals surface area contributed by atoms with Crippen LogP contribution in [0.5, 0.6) is 0 Å². The zero-order chi connectivity index (χ0) is 13.3. The summed E-state index contributed by atoms with van der Waals surface area (Å²) >= 11 is 0. The van der Waals surface area contributed by atoms with Gasteiger partial charge >= 0.3 is 0 Å². The Morgan fingerprint density at radius 1 is 1.41 bits per heavy atom. The second-order valence-corrected chi connectivity index (χ2v) is 3.80. The van der Waals surface area contributed by atoms with Crippen molar-refractivity contribution in [2.24, 2.45) is 5.73 Å². The van der Waals surface area contributed by atoms with Crippen LogP contribution in [0.1, 0.15) is 20.8 Å². The number of aliphatic hydroxyl groups is 1. The summed E-state index contributed by atoms with van der Waals surface area (Å²) in [6, 6.07) is -0.175. The summed E-state index contributed by atoms with van der Waals surface area (Å²) in [6.07, 6.45) is -0.273. The van der Waals surface area contributed by atoms with Crippen LogP contribution in [0.25, 0.3) is 0 Å². The molecular weight excluding hydrogens is 226 g/mol. The van der Waals surface area contributed by atoms with Crippen molar-refractivity contribution in [1.29, 1.82) is 0 Å². The fraction of sp³-hybridized carbons (Fsp3) is 1.00. The summed E-state index contributed by atoms with van der Waals surface area (Å²) in [5.74, 6) is -1.32. The lowest BCUT2D eigenvalue weighted by Gasteiger charge is -2.35. The van der Waals surface area contributed by atoms with Gasteiger partial charge in [0.2, 0.25) is 0 Å². The number of nitrogens with two attached hydrogens (primary N) is 1. The molecule has 104 valence electrons. The summed E-state index contributed by atoms with van der Waals surface area (Å²) in [5, 5.41) is 12.3. The third kappa shape index (κ3) is 6.27. The zero-order valence-electron chi connectivity index (χ0n) is 11.0. The molecule has 0 saturated carbocycles. The zero-order valence-corrected chi connectivity index (χ0v) is 11.0. The number of hydrogen-bond donors (Lipinski definition) is 4. The molecule has 7 nitrogen and oxygen atoms in total. The Morgan fingerprint density at radius 3 is 2.47 bits per heavy atom. The van der Waals surface area contributed by atoms with E-state index in [1.807, 2.05) is 20.8 Å². The molecule has 0 aromatic carbocycles. The van der Waals surface area contributed by atoms with Gasteiger partial charge in [-0.15, -0.1) is 0 Å². The van der Waals surface area contributed by atoms with E-state index in [0.29, 0.717) is 6.54 Å². The number of hydroxylamine groups is 1. The van der Waals surface area contributed by atoms with Crippen molar-refractivity contribution >= 4 is 0 Å². The van der Waals surface area contributed by atoms with Crippen molar-refractivity contribution in [3.8, 4) is 0 Å². The molecule has 3 atom stereocenters. The molecular formula is C10H25N3O4. The Morgan fingerprint density at radius 2 is 2.06 bits per heavy atom. The molecule has 3 unspecified atom stereocenters. The topological polar surface area (TPSA) is 98.0 Å². The van der Waals surface area contributed by atoms with Gasteiger partial charge in [0.1, 0.15) is 13.3 Å². The van der Waals surface area contributed by atoms with Crippen LogP contribution in [-0.4, -0.2) is 50.2 Å². The summed E-state index contributed by atoms with van der Waals surface area (Å²) in [7, 11) is 1.52. The van der Waals surface area contributed by atoms with Crippen molar-refractivity contribution in [2.75, 3.05) is 27.0 Å². The second-order valence-electron chi connectivity index (χ2n) is 3.80. The van der Waals surface area contributed by atoms with Crippen LogP contribution in [0.4, 0.5) is 0 Å². The van der Waals surface area contributed by atoms with Crippen LogP contribution in [0, 0.1) is 0 Å². The van der Waals surface area contributed by atoms with E-state index in [1.54, 1.807) is 0 Å². The molecule has 0 fully saturated rings. The van der Waals surface area contributed by atoms with Crippen molar-refractivity contribution in [3.05, 3.63) is 0 Å². The van der Waals surface area contributed by atoms with E-state index in [0.717, 1.165) is 0 Å². The smallest absolute Gasteiger partial charge is 0.269 e. The van der Waals surface area contributed by atoms with Gasteiger partial charge in [-0.3, -0.25) is 5.32 Å². The van der Waals surface area contributed by atoms with Crippen LogP contribution in [0.2, 0.25) is 0 Å². The summed E-state index contributed by atoms with van der Waals surface area (Å²) < 4.78 is 10.4. The Bertz CT molecular complexity index is 194. The van der Waals surface area contributed by atoms with Gasteiger partial charge in [-0.05, 0) is 20.4 Å². The normalized spacial score (nSPS) is 18.7. The van der Waals surface area contributed by atoms with E-state index in [1.165, 1.54) is 7.11 Å². The van der Waals surface area contributed by atoms with Gasteiger partial charge in [0.25, 0.3) is 5.91 Å². The third-order valence-electron chi connectivity index (χ3n) is 2.21. The first-order valence-corrected chi connectivity index (χ1v) is 5.70. The summed E-state index contributed by atoms with van der Waals surface area (Å²) in [6.45, 7) is 5.91. The SMILES string of the molecule is CCNC(CO)(ONCOC)OC(C)C(C)N. The highest BCUT2D eigenvalue weighted by Gasteiger charge is 2.34. The standard InChI is InChI=1S/C10H25N3O4/c1-5-12-10(6-14,17-13-7-15-4)16-9(3)8(2)11/h8-9,12-14H,5-7,11H2,1-4H3. The minimum Gasteiger partial charge on any atom is -0.389 e. The Kier molecular flexibility index (Phi) is 8.61. The summed E-state index contributed by atoms with van der Waals surface area (Å²) in [4.78, 5) is 5.27. The second kappa shape index (κ2) is 8.76. The van der Waals surface area contributed by atoms with Gasteiger partial charge in [-0.25, -0.2) is 4.84 Å². The Hall–Kier alpha value is -0.280. The third-order valence-corrected chi connectivity index (χ3v) is 2.21. The molecule has 0 amide bonds. The van der Waals surface area contributed by atoms with Crippen molar-refractivity contribution in [3.63, 3.8) is 0 Å². The van der Waals surface area contributed by atoms with E-state index >= 15 is 0 Å². The number of hydrogen-bond acceptors (Lipinski definition) is 7. The first kappa shape index (κ1) is 16.7. The lowest BCUT2D eigenvalue weighted by atomic mass is 10.2. The van der Waals surface area contributed by atoms with Gasteiger partial charge in [-0.2, -0.15) is 5.48 Å². The lowest BCUT2D eigenvalue weighted by Crippen LogP contribution is -2.58. The largest absolute Gasteiger partial charge is 0.389 e. The first-order chi connectivity index (χ1) is 8.01. The van der Waals surface area contributed by atoms with E-state index in [9.17, 15) is 5.11 Å². The number of aliphatic hydroxyl groups excluding tert-OH is 1. The molecule has 0 rings (SSSR count). The molecule has 7 heteroatoms. The average Bonchev–Trinajstić information content (AvgIpc) is 2.29. The summed E-state index contributed by atoms with van der Waals surface area (Å²) in [5.41, 5.74) is 8.26. The van der Waals surface area contributed by atoms with Crippen molar-refractivity contribution < 1.29 is 19.4 Å². The quantitative estimate of drug-likeness (QED) is 0.227. The maximum Gasteiger partial charge on any atom is 0.269 e. The molecule has 0 aliphatic carbocycles.